The van der Waals surface area contributed by atoms with Gasteiger partial charge in [0.15, 0.2) is 0 Å². The molecular weight excluding hydrogens is 362 g/mol. The Hall–Kier alpha value is -2.23. The average Bonchev–Trinajstić information content (AvgIpc) is 2.58. The number of phenolic OH excluding ortho intramolecular Hbond substituents is 1. The second-order valence-corrected chi connectivity index (χ2v) is 6.42. The molecule has 0 saturated carbocycles. The quantitative estimate of drug-likeness (QED) is 0.595. The van der Waals surface area contributed by atoms with Gasteiger partial charge in [0.2, 0.25) is 0 Å². The second-order valence-electron chi connectivity index (χ2n) is 5.61. The lowest BCUT2D eigenvalue weighted by Gasteiger charge is -2.13. The molecule has 25 heavy (non-hydrogen) atoms. The largest absolute Gasteiger partial charge is 0.508 e. The molecule has 0 radical (unpaired) electrons. The van der Waals surface area contributed by atoms with Crippen molar-refractivity contribution in [2.24, 2.45) is 0 Å². The summed E-state index contributed by atoms with van der Waals surface area (Å²) in [5, 5.41) is 10.3. The molecule has 3 rings (SSSR count). The molecule has 0 atom stereocenters. The van der Waals surface area contributed by atoms with Gasteiger partial charge in [-0.1, -0.05) is 41.4 Å². The first kappa shape index (κ1) is 17.6. The highest BCUT2D eigenvalue weighted by atomic mass is 35.5. The summed E-state index contributed by atoms with van der Waals surface area (Å²) in [6.45, 7) is 0. The molecule has 5 heteroatoms. The van der Waals surface area contributed by atoms with E-state index in [2.05, 4.69) is 0 Å². The van der Waals surface area contributed by atoms with E-state index in [0.29, 0.717) is 22.2 Å². The molecule has 0 heterocycles. The van der Waals surface area contributed by atoms with E-state index in [1.165, 1.54) is 24.3 Å². The van der Waals surface area contributed by atoms with Crippen molar-refractivity contribution in [1.29, 1.82) is 0 Å². The summed E-state index contributed by atoms with van der Waals surface area (Å²) in [4.78, 5) is 0. The van der Waals surface area contributed by atoms with Gasteiger partial charge in [0.05, 0.1) is 7.11 Å². The monoisotopic (exact) mass is 376 g/mol. The third kappa shape index (κ3) is 3.89. The number of methoxy groups -OCH3 is 1. The van der Waals surface area contributed by atoms with Gasteiger partial charge in [0.1, 0.15) is 17.3 Å². The van der Waals surface area contributed by atoms with Gasteiger partial charge in [-0.2, -0.15) is 0 Å². The van der Waals surface area contributed by atoms with Crippen LogP contribution in [0.15, 0.2) is 54.6 Å². The molecule has 1 N–H and O–H groups in total. The molecule has 3 aromatic rings. The summed E-state index contributed by atoms with van der Waals surface area (Å²) in [5.41, 5.74) is 3.16. The Morgan fingerprint density at radius 2 is 1.72 bits per heavy atom. The first-order valence-electron chi connectivity index (χ1n) is 7.57. The lowest BCUT2D eigenvalue weighted by Crippen LogP contribution is -1.95. The first-order chi connectivity index (χ1) is 12.0. The van der Waals surface area contributed by atoms with Gasteiger partial charge in [0, 0.05) is 22.0 Å². The number of aromatic hydroxyl groups is 1. The minimum Gasteiger partial charge on any atom is -0.508 e. The second kappa shape index (κ2) is 7.34. The van der Waals surface area contributed by atoms with Crippen molar-refractivity contribution in [3.8, 4) is 22.6 Å². The molecule has 0 aliphatic heterocycles. The lowest BCUT2D eigenvalue weighted by atomic mass is 9.98. The first-order valence-corrected chi connectivity index (χ1v) is 8.33. The van der Waals surface area contributed by atoms with Crippen LogP contribution in [0.2, 0.25) is 10.0 Å². The molecule has 2 nitrogen and oxygen atoms in total. The Labute approximate surface area is 155 Å². The van der Waals surface area contributed by atoms with Crippen LogP contribution in [0.25, 0.3) is 11.1 Å². The number of ether oxygens (including phenoxy) is 1. The number of hydrogen-bond acceptors (Lipinski definition) is 2. The van der Waals surface area contributed by atoms with Crippen molar-refractivity contribution in [2.75, 3.05) is 7.11 Å². The maximum absolute atomic E-state index is 13.6. The van der Waals surface area contributed by atoms with E-state index in [0.717, 1.165) is 22.3 Å². The van der Waals surface area contributed by atoms with Gasteiger partial charge in [-0.15, -0.1) is 0 Å². The minimum atomic E-state index is -0.311. The van der Waals surface area contributed by atoms with Crippen LogP contribution in [0.1, 0.15) is 11.1 Å². The predicted molar refractivity (Wildman–Crippen MR) is 99.3 cm³/mol. The van der Waals surface area contributed by atoms with E-state index in [9.17, 15) is 9.50 Å². The maximum Gasteiger partial charge on any atom is 0.126 e. The van der Waals surface area contributed by atoms with Crippen LogP contribution in [0.3, 0.4) is 0 Å². The Morgan fingerprint density at radius 3 is 2.36 bits per heavy atom. The van der Waals surface area contributed by atoms with Gasteiger partial charge < -0.3 is 9.84 Å². The van der Waals surface area contributed by atoms with E-state index in [1.54, 1.807) is 13.2 Å². The van der Waals surface area contributed by atoms with Gasteiger partial charge in [-0.05, 0) is 53.1 Å². The van der Waals surface area contributed by atoms with E-state index in [4.69, 9.17) is 27.9 Å². The minimum absolute atomic E-state index is 0.0222. The van der Waals surface area contributed by atoms with E-state index in [-0.39, 0.29) is 11.6 Å². The highest BCUT2D eigenvalue weighted by Gasteiger charge is 2.12. The molecular formula is C20H15Cl2FO2. The molecule has 0 aromatic heterocycles. The molecule has 0 bridgehead atoms. The normalized spacial score (nSPS) is 10.7. The number of halogens is 3. The van der Waals surface area contributed by atoms with Crippen molar-refractivity contribution in [1.82, 2.24) is 0 Å². The number of hydrogen-bond donors (Lipinski definition) is 1. The highest BCUT2D eigenvalue weighted by molar-refractivity contribution is 6.36. The maximum atomic E-state index is 13.6. The molecule has 0 amide bonds. The van der Waals surface area contributed by atoms with Crippen molar-refractivity contribution >= 4 is 23.2 Å². The fourth-order valence-corrected chi connectivity index (χ4v) is 3.32. The molecule has 0 aliphatic carbocycles. The Bertz CT molecular complexity index is 902. The van der Waals surface area contributed by atoms with Crippen molar-refractivity contribution in [3.63, 3.8) is 0 Å². The average molecular weight is 377 g/mol. The number of rotatable bonds is 4. The third-order valence-corrected chi connectivity index (χ3v) is 4.58. The zero-order valence-electron chi connectivity index (χ0n) is 13.4. The zero-order chi connectivity index (χ0) is 18.0. The molecule has 3 aromatic carbocycles. The summed E-state index contributed by atoms with van der Waals surface area (Å²) >= 11 is 12.4. The van der Waals surface area contributed by atoms with Crippen LogP contribution in [0.4, 0.5) is 4.39 Å². The van der Waals surface area contributed by atoms with Crippen LogP contribution < -0.4 is 4.74 Å². The van der Waals surface area contributed by atoms with Gasteiger partial charge >= 0.3 is 0 Å². The third-order valence-electron chi connectivity index (χ3n) is 3.91. The van der Waals surface area contributed by atoms with Gasteiger partial charge in [-0.3, -0.25) is 0 Å². The van der Waals surface area contributed by atoms with E-state index < -0.39 is 0 Å². The van der Waals surface area contributed by atoms with Crippen molar-refractivity contribution in [2.45, 2.75) is 6.42 Å². The van der Waals surface area contributed by atoms with Gasteiger partial charge in [0.25, 0.3) is 0 Å². The summed E-state index contributed by atoms with van der Waals surface area (Å²) < 4.78 is 19.0. The summed E-state index contributed by atoms with van der Waals surface area (Å²) in [5.74, 6) is 0.362. The Balaban J connectivity index is 2.03. The van der Waals surface area contributed by atoms with Crippen molar-refractivity contribution < 1.29 is 14.2 Å². The van der Waals surface area contributed by atoms with Crippen LogP contribution >= 0.6 is 23.2 Å². The summed E-state index contributed by atoms with van der Waals surface area (Å²) in [6.07, 6.45) is 0.476. The topological polar surface area (TPSA) is 29.5 Å². The predicted octanol–water partition coefficient (Wildman–Crippen LogP) is 6.10. The van der Waals surface area contributed by atoms with E-state index in [1.807, 2.05) is 24.3 Å². The fourth-order valence-electron chi connectivity index (χ4n) is 2.71. The standard InChI is InChI=1S/C20H15Cl2FO2/c1-25-20-6-5-12(7-16(20)13-3-2-4-14(23)9-13)8-17-18(21)10-15(24)11-19(17)22/h2-7,9-11,24H,8H2,1H3. The van der Waals surface area contributed by atoms with E-state index >= 15 is 0 Å². The molecule has 0 saturated heterocycles. The molecule has 0 spiro atoms. The van der Waals surface area contributed by atoms with Crippen molar-refractivity contribution in [3.05, 3.63) is 81.6 Å². The summed E-state index contributed by atoms with van der Waals surface area (Å²) in [6, 6.07) is 14.9. The molecule has 128 valence electrons. The molecule has 0 fully saturated rings. The SMILES string of the molecule is COc1ccc(Cc2c(Cl)cc(O)cc2Cl)cc1-c1cccc(F)c1. The van der Waals surface area contributed by atoms with Crippen LogP contribution in [0, 0.1) is 5.82 Å². The smallest absolute Gasteiger partial charge is 0.126 e. The van der Waals surface area contributed by atoms with Gasteiger partial charge in [-0.25, -0.2) is 4.39 Å². The fraction of sp³-hybridized carbons (Fsp3) is 0.100. The van der Waals surface area contributed by atoms with Crippen LogP contribution in [-0.4, -0.2) is 12.2 Å². The lowest BCUT2D eigenvalue weighted by molar-refractivity contribution is 0.416. The number of phenols is 1. The molecule has 0 aliphatic rings. The van der Waals surface area contributed by atoms with Crippen LogP contribution in [-0.2, 0) is 6.42 Å². The highest BCUT2D eigenvalue weighted by Crippen LogP contribution is 2.35. The van der Waals surface area contributed by atoms with Crippen LogP contribution in [0.5, 0.6) is 11.5 Å². The summed E-state index contributed by atoms with van der Waals surface area (Å²) in [7, 11) is 1.57. The Kier molecular flexibility index (Phi) is 5.16. The number of benzene rings is 3. The zero-order valence-corrected chi connectivity index (χ0v) is 14.9. The molecule has 0 unspecified atom stereocenters. The Morgan fingerprint density at radius 1 is 1.00 bits per heavy atom.